The largest absolute Gasteiger partial charge is 0.396 e. The molecule has 7 nitrogen and oxygen atoms in total. The van der Waals surface area contributed by atoms with Crippen molar-refractivity contribution in [2.45, 2.75) is 25.8 Å². The van der Waals surface area contributed by atoms with E-state index in [1.165, 1.54) is 0 Å². The average Bonchev–Trinajstić information content (AvgIpc) is 2.27. The highest BCUT2D eigenvalue weighted by atomic mass is 16.6. The molecule has 88 valence electrons. The molecular weight excluding hydrogens is 212 g/mol. The molecule has 0 bridgehead atoms. The van der Waals surface area contributed by atoms with E-state index in [1.807, 2.05) is 6.92 Å². The lowest BCUT2D eigenvalue weighted by Crippen LogP contribution is -2.17. The first kappa shape index (κ1) is 12.3. The van der Waals surface area contributed by atoms with Crippen LogP contribution < -0.4 is 5.32 Å². The van der Waals surface area contributed by atoms with Crippen LogP contribution in [0.15, 0.2) is 12.4 Å². The molecule has 1 aromatic heterocycles. The molecule has 16 heavy (non-hydrogen) atoms. The van der Waals surface area contributed by atoms with Crippen molar-refractivity contribution in [2.24, 2.45) is 0 Å². The molecular formula is C9H14N4O3. The Hall–Kier alpha value is -1.76. The number of aromatic nitrogens is 2. The minimum absolute atomic E-state index is 0.119. The number of nitrogens with one attached hydrogen (secondary N) is 1. The van der Waals surface area contributed by atoms with E-state index in [9.17, 15) is 10.1 Å². The second-order valence-electron chi connectivity index (χ2n) is 3.43. The van der Waals surface area contributed by atoms with E-state index >= 15 is 0 Å². The maximum absolute atomic E-state index is 10.4. The fourth-order valence-electron chi connectivity index (χ4n) is 1.18. The summed E-state index contributed by atoms with van der Waals surface area (Å²) < 4.78 is 0. The molecule has 1 unspecified atom stereocenters. The number of anilines is 1. The van der Waals surface area contributed by atoms with Gasteiger partial charge in [-0.3, -0.25) is 10.1 Å². The van der Waals surface area contributed by atoms with Crippen molar-refractivity contribution in [1.29, 1.82) is 0 Å². The molecule has 0 radical (unpaired) electrons. The average molecular weight is 226 g/mol. The maximum atomic E-state index is 10.4. The Morgan fingerprint density at radius 2 is 2.19 bits per heavy atom. The molecule has 1 heterocycles. The van der Waals surface area contributed by atoms with Gasteiger partial charge in [0.25, 0.3) is 0 Å². The van der Waals surface area contributed by atoms with Crippen LogP contribution >= 0.6 is 0 Å². The summed E-state index contributed by atoms with van der Waals surface area (Å²) in [4.78, 5) is 17.5. The zero-order valence-electron chi connectivity index (χ0n) is 8.96. The molecule has 0 amide bonds. The summed E-state index contributed by atoms with van der Waals surface area (Å²) in [7, 11) is 0. The monoisotopic (exact) mass is 226 g/mol. The van der Waals surface area contributed by atoms with Gasteiger partial charge in [0.05, 0.1) is 4.92 Å². The molecule has 0 spiro atoms. The Labute approximate surface area is 92.7 Å². The minimum atomic E-state index is -0.543. The lowest BCUT2D eigenvalue weighted by Gasteiger charge is -2.12. The van der Waals surface area contributed by atoms with Crippen LogP contribution in [0.3, 0.4) is 0 Å². The number of aliphatic hydroxyl groups excluding tert-OH is 1. The molecule has 0 aliphatic rings. The third-order valence-electron chi connectivity index (χ3n) is 2.02. The van der Waals surface area contributed by atoms with E-state index in [0.717, 1.165) is 18.8 Å². The third-order valence-corrected chi connectivity index (χ3v) is 2.02. The van der Waals surface area contributed by atoms with E-state index in [-0.39, 0.29) is 18.3 Å². The molecule has 7 heteroatoms. The van der Waals surface area contributed by atoms with Crippen molar-refractivity contribution in [3.05, 3.63) is 22.5 Å². The van der Waals surface area contributed by atoms with Crippen LogP contribution in [0.1, 0.15) is 19.8 Å². The molecule has 0 saturated heterocycles. The van der Waals surface area contributed by atoms with E-state index < -0.39 is 4.92 Å². The molecule has 1 atom stereocenters. The number of hydrogen-bond donors (Lipinski definition) is 2. The molecule has 0 fully saturated rings. The van der Waals surface area contributed by atoms with E-state index in [0.29, 0.717) is 12.4 Å². The van der Waals surface area contributed by atoms with E-state index in [4.69, 9.17) is 5.11 Å². The van der Waals surface area contributed by atoms with Gasteiger partial charge in [0.1, 0.15) is 12.4 Å². The summed E-state index contributed by atoms with van der Waals surface area (Å²) in [5, 5.41) is 22.0. The Morgan fingerprint density at radius 3 is 2.69 bits per heavy atom. The van der Waals surface area contributed by atoms with Crippen molar-refractivity contribution in [3.63, 3.8) is 0 Å². The first-order valence-corrected chi connectivity index (χ1v) is 4.97. The van der Waals surface area contributed by atoms with Crippen LogP contribution in [0.5, 0.6) is 0 Å². The summed E-state index contributed by atoms with van der Waals surface area (Å²) in [5.74, 6) is 0.357. The standard InChI is InChI=1S/C9H14N4O3/c1-7(3-2-4-14)12-9-10-5-8(6-11-9)13(15)16/h5-7,14H,2-4H2,1H3,(H,10,11,12). The number of rotatable bonds is 6. The van der Waals surface area contributed by atoms with Crippen molar-refractivity contribution in [2.75, 3.05) is 11.9 Å². The van der Waals surface area contributed by atoms with Crippen LogP contribution in [0.25, 0.3) is 0 Å². The molecule has 1 aromatic rings. The lowest BCUT2D eigenvalue weighted by molar-refractivity contribution is -0.385. The van der Waals surface area contributed by atoms with Gasteiger partial charge in [-0.2, -0.15) is 0 Å². The normalized spacial score (nSPS) is 12.1. The zero-order chi connectivity index (χ0) is 12.0. The summed E-state index contributed by atoms with van der Waals surface area (Å²) in [6.07, 6.45) is 3.81. The van der Waals surface area contributed by atoms with Crippen molar-refractivity contribution in [1.82, 2.24) is 9.97 Å². The summed E-state index contributed by atoms with van der Waals surface area (Å²) in [6, 6.07) is 0.119. The molecule has 2 N–H and O–H groups in total. The summed E-state index contributed by atoms with van der Waals surface area (Å²) >= 11 is 0. The van der Waals surface area contributed by atoms with Crippen LogP contribution in [0.4, 0.5) is 11.6 Å². The first-order valence-electron chi connectivity index (χ1n) is 4.97. The van der Waals surface area contributed by atoms with Gasteiger partial charge in [-0.15, -0.1) is 0 Å². The number of hydrogen-bond acceptors (Lipinski definition) is 6. The number of nitro groups is 1. The van der Waals surface area contributed by atoms with E-state index in [1.54, 1.807) is 0 Å². The second-order valence-corrected chi connectivity index (χ2v) is 3.43. The Kier molecular flexibility index (Phi) is 4.59. The predicted molar refractivity (Wildman–Crippen MR) is 58.1 cm³/mol. The maximum Gasteiger partial charge on any atom is 0.305 e. The summed E-state index contributed by atoms with van der Waals surface area (Å²) in [5.41, 5.74) is -0.131. The van der Waals surface area contributed by atoms with Gasteiger partial charge in [0, 0.05) is 12.6 Å². The smallest absolute Gasteiger partial charge is 0.305 e. The van der Waals surface area contributed by atoms with Crippen molar-refractivity contribution in [3.8, 4) is 0 Å². The Bertz CT molecular complexity index is 341. The number of aliphatic hydroxyl groups is 1. The van der Waals surface area contributed by atoms with Gasteiger partial charge in [-0.1, -0.05) is 0 Å². The Morgan fingerprint density at radius 1 is 1.56 bits per heavy atom. The van der Waals surface area contributed by atoms with Gasteiger partial charge in [0.15, 0.2) is 0 Å². The SMILES string of the molecule is CC(CCCO)Nc1ncc([N+](=O)[O-])cn1. The fraction of sp³-hybridized carbons (Fsp3) is 0.556. The minimum Gasteiger partial charge on any atom is -0.396 e. The summed E-state index contributed by atoms with van der Waals surface area (Å²) in [6.45, 7) is 2.08. The number of nitrogens with zero attached hydrogens (tertiary/aromatic N) is 3. The highest BCUT2D eigenvalue weighted by Crippen LogP contribution is 2.09. The van der Waals surface area contributed by atoms with E-state index in [2.05, 4.69) is 15.3 Å². The van der Waals surface area contributed by atoms with Gasteiger partial charge in [-0.25, -0.2) is 9.97 Å². The Balaban J connectivity index is 2.51. The molecule has 1 rings (SSSR count). The topological polar surface area (TPSA) is 101 Å². The molecule has 0 aliphatic carbocycles. The van der Waals surface area contributed by atoms with Crippen LogP contribution in [-0.2, 0) is 0 Å². The third kappa shape index (κ3) is 3.77. The van der Waals surface area contributed by atoms with Crippen molar-refractivity contribution >= 4 is 11.6 Å². The van der Waals surface area contributed by atoms with Gasteiger partial charge < -0.3 is 10.4 Å². The van der Waals surface area contributed by atoms with Gasteiger partial charge in [-0.05, 0) is 19.8 Å². The van der Waals surface area contributed by atoms with Crippen LogP contribution in [0, 0.1) is 10.1 Å². The highest BCUT2D eigenvalue weighted by Gasteiger charge is 2.08. The fourth-order valence-corrected chi connectivity index (χ4v) is 1.18. The van der Waals surface area contributed by atoms with Crippen LogP contribution in [-0.4, -0.2) is 32.6 Å². The second kappa shape index (κ2) is 5.96. The zero-order valence-corrected chi connectivity index (χ0v) is 8.96. The molecule has 0 aromatic carbocycles. The van der Waals surface area contributed by atoms with Crippen LogP contribution in [0.2, 0.25) is 0 Å². The first-order chi connectivity index (χ1) is 7.63. The molecule has 0 saturated carbocycles. The van der Waals surface area contributed by atoms with Gasteiger partial charge >= 0.3 is 5.69 Å². The highest BCUT2D eigenvalue weighted by molar-refractivity contribution is 5.31. The van der Waals surface area contributed by atoms with Gasteiger partial charge in [0.2, 0.25) is 5.95 Å². The lowest BCUT2D eigenvalue weighted by atomic mass is 10.2. The predicted octanol–water partition coefficient (Wildman–Crippen LogP) is 0.958. The quantitative estimate of drug-likeness (QED) is 0.553. The van der Waals surface area contributed by atoms with Crippen molar-refractivity contribution < 1.29 is 10.0 Å². The molecule has 0 aliphatic heterocycles.